The van der Waals surface area contributed by atoms with Gasteiger partial charge in [0.15, 0.2) is 0 Å². The van der Waals surface area contributed by atoms with Crippen LogP contribution in [0.1, 0.15) is 75.6 Å². The van der Waals surface area contributed by atoms with Crippen LogP contribution < -0.4 is 0 Å². The van der Waals surface area contributed by atoms with Crippen molar-refractivity contribution < 1.29 is 20.4 Å². The van der Waals surface area contributed by atoms with Gasteiger partial charge in [0, 0.05) is 0 Å². The van der Waals surface area contributed by atoms with E-state index in [0.717, 1.165) is 5.92 Å². The molecule has 3 aliphatic rings. The molecule has 1 saturated carbocycles. The second kappa shape index (κ2) is 13.0. The molecule has 4 aromatic carbocycles. The van der Waals surface area contributed by atoms with Crippen molar-refractivity contribution in [3.05, 3.63) is 130 Å². The molecule has 0 heterocycles. The summed E-state index contributed by atoms with van der Waals surface area (Å²) < 4.78 is 1.37. The Balaban J connectivity index is 0.00000192. The van der Waals surface area contributed by atoms with Gasteiger partial charge in [0.05, 0.1) is 0 Å². The maximum atomic E-state index is 2.69. The van der Waals surface area contributed by atoms with E-state index in [1.54, 1.807) is 16.7 Å². The van der Waals surface area contributed by atoms with Gasteiger partial charge in [-0.05, 0) is 0 Å². The van der Waals surface area contributed by atoms with Crippen molar-refractivity contribution in [2.45, 2.75) is 66.3 Å². The van der Waals surface area contributed by atoms with Crippen LogP contribution in [-0.2, 0) is 25.8 Å². The number of hydrogen-bond acceptors (Lipinski definition) is 0. The van der Waals surface area contributed by atoms with Crippen molar-refractivity contribution in [2.75, 3.05) is 0 Å². The summed E-state index contributed by atoms with van der Waals surface area (Å²) in [7, 11) is 0. The molecule has 0 aliphatic heterocycles. The van der Waals surface area contributed by atoms with Crippen molar-refractivity contribution in [3.8, 4) is 22.3 Å². The first-order valence-corrected chi connectivity index (χ1v) is 24.7. The van der Waals surface area contributed by atoms with Crippen LogP contribution >= 0.6 is 24.8 Å². The first kappa shape index (κ1) is 33.4. The summed E-state index contributed by atoms with van der Waals surface area (Å²) in [5.74, 6) is 0.802. The molecular weight excluding hydrogens is 671 g/mol. The Morgan fingerprint density at radius 2 is 1.18 bits per heavy atom. The maximum absolute atomic E-state index is 2.69. The SMILES string of the molecule is CC1=Cc2c(-c3ccccc3)cccc2[CH]1[Zr]([CH]1C(C2CC2)=Cc2c(-c3ccc(C(C)(C)C)cc3)cccc21)=[Si](C)C.Cl.Cl. The minimum atomic E-state index is -2.11. The predicted molar refractivity (Wildman–Crippen MR) is 194 cm³/mol. The molecule has 0 nitrogen and oxygen atoms in total. The third kappa shape index (κ3) is 5.98. The van der Waals surface area contributed by atoms with E-state index in [0.29, 0.717) is 7.25 Å². The van der Waals surface area contributed by atoms with Gasteiger partial charge in [-0.1, -0.05) is 0 Å². The molecule has 0 radical (unpaired) electrons. The van der Waals surface area contributed by atoms with E-state index >= 15 is 0 Å². The number of fused-ring (bicyclic) bond motifs is 2. The van der Waals surface area contributed by atoms with E-state index in [1.165, 1.54) is 51.8 Å². The first-order chi connectivity index (χ1) is 20.2. The average molecular weight is 715 g/mol. The van der Waals surface area contributed by atoms with Gasteiger partial charge >= 0.3 is 262 Å². The molecule has 4 aromatic rings. The maximum Gasteiger partial charge on any atom is -0.147 e. The normalized spacial score (nSPS) is 18.3. The van der Waals surface area contributed by atoms with Gasteiger partial charge in [-0.25, -0.2) is 0 Å². The molecule has 7 rings (SSSR count). The molecule has 226 valence electrons. The fraction of sp³-hybridized carbons (Fsp3) is 0.300. The van der Waals surface area contributed by atoms with Crippen molar-refractivity contribution in [2.24, 2.45) is 5.92 Å². The molecule has 4 heteroatoms. The minimum absolute atomic E-state index is 0. The molecule has 0 bridgehead atoms. The van der Waals surface area contributed by atoms with Crippen molar-refractivity contribution in [1.82, 2.24) is 0 Å². The average Bonchev–Trinajstić information content (AvgIpc) is 3.68. The Hall–Kier alpha value is -1.96. The third-order valence-corrected chi connectivity index (χ3v) is 29.4. The molecule has 0 saturated heterocycles. The van der Waals surface area contributed by atoms with E-state index in [4.69, 9.17) is 0 Å². The van der Waals surface area contributed by atoms with Crippen LogP contribution in [0, 0.1) is 5.92 Å². The summed E-state index contributed by atoms with van der Waals surface area (Å²) in [4.78, 5) is 0. The van der Waals surface area contributed by atoms with Crippen LogP contribution in [0.3, 0.4) is 0 Å². The Bertz CT molecular complexity index is 1780. The summed E-state index contributed by atoms with van der Waals surface area (Å²) in [5.41, 5.74) is 16.4. The molecule has 3 aliphatic carbocycles. The second-order valence-corrected chi connectivity index (χ2v) is 31.8. The molecular formula is C40H44Cl2SiZr. The number of rotatable bonds is 5. The van der Waals surface area contributed by atoms with Crippen LogP contribution in [-0.4, -0.2) is 5.43 Å². The smallest absolute Gasteiger partial charge is 0.147 e. The van der Waals surface area contributed by atoms with Crippen molar-refractivity contribution in [1.29, 1.82) is 0 Å². The van der Waals surface area contributed by atoms with E-state index < -0.39 is 25.8 Å². The van der Waals surface area contributed by atoms with Crippen LogP contribution in [0.15, 0.2) is 102 Å². The number of benzene rings is 4. The zero-order chi connectivity index (χ0) is 29.2. The largest absolute Gasteiger partial charge is 0.147 e. The summed E-state index contributed by atoms with van der Waals surface area (Å²) in [5, 5.41) is 0. The minimum Gasteiger partial charge on any atom is -0.147 e. The topological polar surface area (TPSA) is 0 Å². The number of halogens is 2. The Morgan fingerprint density at radius 1 is 0.636 bits per heavy atom. The zero-order valence-electron chi connectivity index (χ0n) is 26.8. The molecule has 1 fully saturated rings. The van der Waals surface area contributed by atoms with Gasteiger partial charge in [0.25, 0.3) is 0 Å². The Morgan fingerprint density at radius 3 is 1.73 bits per heavy atom. The molecule has 2 atom stereocenters. The Kier molecular flexibility index (Phi) is 9.90. The number of allylic oxidation sites excluding steroid dienone is 2. The van der Waals surface area contributed by atoms with Crippen molar-refractivity contribution >= 4 is 42.4 Å². The standard InChI is InChI=1S/C22H23.C16H13.C2H6Si.2ClH.Zr/c1-22(2,3)19-11-9-16(10-12-19)20-6-4-5-17-13-18(14-21(17)20)15-7-8-15;1-12-10-14-8-5-9-15(16(14)11-12)13-6-3-2-4-7-13;1-3-2;;;/h4-6,9-15H,7-8H2,1-3H3;2-11H,1H3;1-2H3;2*1H;. The predicted octanol–water partition coefficient (Wildman–Crippen LogP) is 12.0. The fourth-order valence-electron chi connectivity index (χ4n) is 7.52. The van der Waals surface area contributed by atoms with Crippen LogP contribution in [0.25, 0.3) is 34.4 Å². The summed E-state index contributed by atoms with van der Waals surface area (Å²) >= 11 is -2.11. The van der Waals surface area contributed by atoms with Gasteiger partial charge in [0.2, 0.25) is 0 Å². The van der Waals surface area contributed by atoms with Gasteiger partial charge in [-0.2, -0.15) is 0 Å². The zero-order valence-corrected chi connectivity index (χ0v) is 31.9. The Labute approximate surface area is 285 Å². The molecule has 0 spiro atoms. The second-order valence-electron chi connectivity index (χ2n) is 13.9. The fourth-order valence-corrected chi connectivity index (χ4v) is 28.1. The van der Waals surface area contributed by atoms with E-state index in [2.05, 4.69) is 144 Å². The van der Waals surface area contributed by atoms with Crippen LogP contribution in [0.5, 0.6) is 0 Å². The van der Waals surface area contributed by atoms with E-state index in [-0.39, 0.29) is 30.2 Å². The number of hydrogen-bond donors (Lipinski definition) is 0. The van der Waals surface area contributed by atoms with Gasteiger partial charge < -0.3 is 0 Å². The molecule has 0 amide bonds. The third-order valence-electron chi connectivity index (χ3n) is 9.77. The molecule has 2 unspecified atom stereocenters. The van der Waals surface area contributed by atoms with Gasteiger partial charge in [-0.15, -0.1) is 24.8 Å². The first-order valence-electron chi connectivity index (χ1n) is 15.7. The van der Waals surface area contributed by atoms with Crippen LogP contribution in [0.2, 0.25) is 13.1 Å². The van der Waals surface area contributed by atoms with Crippen LogP contribution in [0.4, 0.5) is 0 Å². The van der Waals surface area contributed by atoms with E-state index in [1.807, 2.05) is 5.57 Å². The summed E-state index contributed by atoms with van der Waals surface area (Å²) in [6.07, 6.45) is 8.01. The monoisotopic (exact) mass is 712 g/mol. The van der Waals surface area contributed by atoms with Crippen molar-refractivity contribution in [3.63, 3.8) is 0 Å². The van der Waals surface area contributed by atoms with Gasteiger partial charge in [0.1, 0.15) is 0 Å². The van der Waals surface area contributed by atoms with Gasteiger partial charge in [-0.3, -0.25) is 0 Å². The summed E-state index contributed by atoms with van der Waals surface area (Å²) in [6, 6.07) is 34.9. The van der Waals surface area contributed by atoms with E-state index in [9.17, 15) is 0 Å². The molecule has 0 N–H and O–H groups in total. The summed E-state index contributed by atoms with van der Waals surface area (Å²) in [6.45, 7) is 14.7. The molecule has 44 heavy (non-hydrogen) atoms. The molecule has 0 aromatic heterocycles. The quantitative estimate of drug-likeness (QED) is 0.181.